The minimum atomic E-state index is 0.483. The van der Waals surface area contributed by atoms with Gasteiger partial charge in [-0.05, 0) is 12.5 Å². The molecule has 1 atom stereocenters. The standard InChI is InChI=1S/C8H13N3/c1-2-5-9-8-4-6-10-11(8)7-3-1/h1-3,7-10H,4-6H2. The van der Waals surface area contributed by atoms with Gasteiger partial charge in [-0.15, -0.1) is 0 Å². The summed E-state index contributed by atoms with van der Waals surface area (Å²) in [5.74, 6) is 0. The van der Waals surface area contributed by atoms with Crippen molar-refractivity contribution in [3.05, 3.63) is 24.4 Å². The molecule has 2 aliphatic rings. The van der Waals surface area contributed by atoms with Crippen molar-refractivity contribution in [1.29, 1.82) is 0 Å². The zero-order chi connectivity index (χ0) is 7.52. The van der Waals surface area contributed by atoms with E-state index < -0.39 is 0 Å². The van der Waals surface area contributed by atoms with E-state index in [1.807, 2.05) is 0 Å². The van der Waals surface area contributed by atoms with Crippen LogP contribution in [0.3, 0.4) is 0 Å². The highest BCUT2D eigenvalue weighted by atomic mass is 15.6. The third-order valence-electron chi connectivity index (χ3n) is 2.01. The number of nitrogens with zero attached hydrogens (tertiary/aromatic N) is 1. The molecule has 0 radical (unpaired) electrons. The molecule has 2 heterocycles. The second-order valence-corrected chi connectivity index (χ2v) is 2.80. The van der Waals surface area contributed by atoms with Crippen LogP contribution in [0.4, 0.5) is 0 Å². The zero-order valence-electron chi connectivity index (χ0n) is 6.46. The van der Waals surface area contributed by atoms with Gasteiger partial charge in [0, 0.05) is 19.3 Å². The van der Waals surface area contributed by atoms with Crippen LogP contribution in [0.25, 0.3) is 0 Å². The summed E-state index contributed by atoms with van der Waals surface area (Å²) >= 11 is 0. The van der Waals surface area contributed by atoms with E-state index in [0.29, 0.717) is 6.17 Å². The monoisotopic (exact) mass is 151 g/mol. The van der Waals surface area contributed by atoms with Crippen molar-refractivity contribution in [2.75, 3.05) is 13.1 Å². The first-order valence-corrected chi connectivity index (χ1v) is 4.05. The topological polar surface area (TPSA) is 27.3 Å². The second-order valence-electron chi connectivity index (χ2n) is 2.80. The maximum Gasteiger partial charge on any atom is 0.0956 e. The van der Waals surface area contributed by atoms with E-state index in [1.54, 1.807) is 0 Å². The highest BCUT2D eigenvalue weighted by Gasteiger charge is 2.19. The molecule has 0 saturated carbocycles. The Bertz CT molecular complexity index is 186. The number of fused-ring (bicyclic) bond motifs is 1. The molecule has 60 valence electrons. The number of hydrogen-bond donors (Lipinski definition) is 2. The fraction of sp³-hybridized carbons (Fsp3) is 0.500. The molecule has 0 aliphatic carbocycles. The second kappa shape index (κ2) is 3.07. The first kappa shape index (κ1) is 6.88. The molecule has 3 nitrogen and oxygen atoms in total. The van der Waals surface area contributed by atoms with Crippen LogP contribution >= 0.6 is 0 Å². The first-order valence-electron chi connectivity index (χ1n) is 4.05. The molecule has 11 heavy (non-hydrogen) atoms. The summed E-state index contributed by atoms with van der Waals surface area (Å²) < 4.78 is 0. The quantitative estimate of drug-likeness (QED) is 0.518. The molecule has 0 bridgehead atoms. The van der Waals surface area contributed by atoms with Crippen molar-refractivity contribution < 1.29 is 0 Å². The molecule has 0 aromatic rings. The number of nitrogens with one attached hydrogen (secondary N) is 2. The van der Waals surface area contributed by atoms with Crippen LogP contribution in [0, 0.1) is 0 Å². The predicted molar refractivity (Wildman–Crippen MR) is 44.5 cm³/mol. The van der Waals surface area contributed by atoms with Crippen LogP contribution in [-0.2, 0) is 0 Å². The normalized spacial score (nSPS) is 29.8. The van der Waals surface area contributed by atoms with Gasteiger partial charge in [0.05, 0.1) is 6.17 Å². The summed E-state index contributed by atoms with van der Waals surface area (Å²) in [4.78, 5) is 0. The fourth-order valence-corrected chi connectivity index (χ4v) is 1.43. The van der Waals surface area contributed by atoms with Gasteiger partial charge in [-0.2, -0.15) is 0 Å². The van der Waals surface area contributed by atoms with Gasteiger partial charge in [0.15, 0.2) is 0 Å². The Hall–Kier alpha value is -0.800. The van der Waals surface area contributed by atoms with Crippen molar-refractivity contribution in [1.82, 2.24) is 15.8 Å². The zero-order valence-corrected chi connectivity index (χ0v) is 6.46. The van der Waals surface area contributed by atoms with Crippen molar-refractivity contribution in [2.45, 2.75) is 12.6 Å². The van der Waals surface area contributed by atoms with E-state index in [-0.39, 0.29) is 0 Å². The third-order valence-corrected chi connectivity index (χ3v) is 2.01. The summed E-state index contributed by atoms with van der Waals surface area (Å²) in [5.41, 5.74) is 3.28. The molecule has 1 saturated heterocycles. The number of hydrogen-bond acceptors (Lipinski definition) is 3. The lowest BCUT2D eigenvalue weighted by atomic mass is 10.3. The third kappa shape index (κ3) is 1.44. The Labute approximate surface area is 66.7 Å². The van der Waals surface area contributed by atoms with Crippen LogP contribution in [0.15, 0.2) is 24.4 Å². The van der Waals surface area contributed by atoms with Gasteiger partial charge < -0.3 is 0 Å². The molecule has 0 aromatic heterocycles. The van der Waals surface area contributed by atoms with E-state index in [2.05, 4.69) is 40.2 Å². The van der Waals surface area contributed by atoms with Crippen LogP contribution in [-0.4, -0.2) is 24.3 Å². The molecule has 2 rings (SSSR count). The van der Waals surface area contributed by atoms with Crippen molar-refractivity contribution in [3.63, 3.8) is 0 Å². The summed E-state index contributed by atoms with van der Waals surface area (Å²) in [6.07, 6.45) is 9.98. The Kier molecular flexibility index (Phi) is 1.92. The number of rotatable bonds is 0. The van der Waals surface area contributed by atoms with Gasteiger partial charge in [0.2, 0.25) is 0 Å². The van der Waals surface area contributed by atoms with Gasteiger partial charge in [-0.3, -0.25) is 10.3 Å². The lowest BCUT2D eigenvalue weighted by molar-refractivity contribution is 0.242. The molecular weight excluding hydrogens is 138 g/mol. The van der Waals surface area contributed by atoms with Gasteiger partial charge in [-0.1, -0.05) is 12.2 Å². The molecular formula is C8H13N3. The molecule has 2 aliphatic heterocycles. The highest BCUT2D eigenvalue weighted by Crippen LogP contribution is 2.06. The Balaban J connectivity index is 2.08. The lowest BCUT2D eigenvalue weighted by Crippen LogP contribution is -2.42. The Morgan fingerprint density at radius 2 is 2.36 bits per heavy atom. The van der Waals surface area contributed by atoms with E-state index in [4.69, 9.17) is 0 Å². The molecule has 0 spiro atoms. The van der Waals surface area contributed by atoms with Crippen molar-refractivity contribution >= 4 is 0 Å². The Morgan fingerprint density at radius 1 is 1.36 bits per heavy atom. The Morgan fingerprint density at radius 3 is 3.36 bits per heavy atom. The molecule has 2 N–H and O–H groups in total. The summed E-state index contributed by atoms with van der Waals surface area (Å²) in [7, 11) is 0. The highest BCUT2D eigenvalue weighted by molar-refractivity contribution is 5.05. The van der Waals surface area contributed by atoms with Crippen molar-refractivity contribution in [2.24, 2.45) is 0 Å². The van der Waals surface area contributed by atoms with Crippen molar-refractivity contribution in [3.8, 4) is 0 Å². The molecule has 3 heteroatoms. The smallest absolute Gasteiger partial charge is 0.0956 e. The van der Waals surface area contributed by atoms with Gasteiger partial charge in [0.25, 0.3) is 0 Å². The van der Waals surface area contributed by atoms with Crippen LogP contribution in [0.1, 0.15) is 6.42 Å². The summed E-state index contributed by atoms with van der Waals surface area (Å²) in [6.45, 7) is 2.04. The van der Waals surface area contributed by atoms with Crippen LogP contribution < -0.4 is 10.7 Å². The average Bonchev–Trinajstić information content (AvgIpc) is 2.35. The minimum Gasteiger partial charge on any atom is -0.298 e. The van der Waals surface area contributed by atoms with Crippen LogP contribution in [0.2, 0.25) is 0 Å². The number of hydrazine groups is 1. The molecule has 1 fully saturated rings. The SMILES string of the molecule is C1=CCNC2CCNN2C=C1. The lowest BCUT2D eigenvalue weighted by Gasteiger charge is -2.23. The first-order chi connectivity index (χ1) is 5.47. The minimum absolute atomic E-state index is 0.483. The summed E-state index contributed by atoms with van der Waals surface area (Å²) in [5, 5.41) is 5.54. The maximum atomic E-state index is 3.41. The predicted octanol–water partition coefficient (Wildman–Crippen LogP) is 0.196. The van der Waals surface area contributed by atoms with E-state index in [0.717, 1.165) is 13.1 Å². The van der Waals surface area contributed by atoms with Gasteiger partial charge >= 0.3 is 0 Å². The number of allylic oxidation sites excluding steroid dienone is 2. The largest absolute Gasteiger partial charge is 0.298 e. The van der Waals surface area contributed by atoms with E-state index in [9.17, 15) is 0 Å². The van der Waals surface area contributed by atoms with E-state index >= 15 is 0 Å². The molecule has 0 amide bonds. The average molecular weight is 151 g/mol. The van der Waals surface area contributed by atoms with Gasteiger partial charge in [0.1, 0.15) is 0 Å². The van der Waals surface area contributed by atoms with E-state index in [1.165, 1.54) is 6.42 Å². The summed E-state index contributed by atoms with van der Waals surface area (Å²) in [6, 6.07) is 0. The van der Waals surface area contributed by atoms with Crippen LogP contribution in [0.5, 0.6) is 0 Å². The maximum absolute atomic E-state index is 3.41. The van der Waals surface area contributed by atoms with Gasteiger partial charge in [-0.25, -0.2) is 5.43 Å². The molecule has 1 unspecified atom stereocenters. The fourth-order valence-electron chi connectivity index (χ4n) is 1.43. The molecule has 0 aromatic carbocycles.